The molecule has 0 saturated carbocycles. The van der Waals surface area contributed by atoms with Gasteiger partial charge in [0.15, 0.2) is 0 Å². The van der Waals surface area contributed by atoms with E-state index in [9.17, 15) is 5.11 Å². The van der Waals surface area contributed by atoms with Crippen molar-refractivity contribution in [1.82, 2.24) is 0 Å². The molecule has 1 N–H and O–H groups in total. The number of rotatable bonds is 4. The molecule has 2 aromatic rings. The summed E-state index contributed by atoms with van der Waals surface area (Å²) in [6, 6.07) is 16.4. The maximum absolute atomic E-state index is 10.8. The van der Waals surface area contributed by atoms with Crippen LogP contribution in [0.4, 0.5) is 0 Å². The number of hydrogen-bond acceptors (Lipinski definition) is 2. The van der Waals surface area contributed by atoms with Crippen LogP contribution in [0.5, 0.6) is 5.75 Å². The normalized spacial score (nSPS) is 18.7. The molecule has 1 aliphatic rings. The average Bonchev–Trinajstić information content (AvgIpc) is 2.55. The van der Waals surface area contributed by atoms with Gasteiger partial charge in [-0.2, -0.15) is 0 Å². The maximum atomic E-state index is 10.8. The van der Waals surface area contributed by atoms with Gasteiger partial charge < -0.3 is 9.84 Å². The Hall–Kier alpha value is -1.80. The molecule has 1 heterocycles. The predicted octanol–water partition coefficient (Wildman–Crippen LogP) is 4.24. The van der Waals surface area contributed by atoms with E-state index in [-0.39, 0.29) is 5.92 Å². The lowest BCUT2D eigenvalue weighted by Crippen LogP contribution is -2.20. The Morgan fingerprint density at radius 2 is 1.90 bits per heavy atom. The van der Waals surface area contributed by atoms with Crippen molar-refractivity contribution in [2.75, 3.05) is 6.61 Å². The second kappa shape index (κ2) is 6.31. The second-order valence-electron chi connectivity index (χ2n) is 5.72. The van der Waals surface area contributed by atoms with Crippen LogP contribution in [0, 0.1) is 0 Å². The van der Waals surface area contributed by atoms with Gasteiger partial charge in [-0.15, -0.1) is 0 Å². The molecule has 2 unspecified atom stereocenters. The average molecular weight is 282 g/mol. The van der Waals surface area contributed by atoms with Crippen LogP contribution in [0.25, 0.3) is 0 Å². The van der Waals surface area contributed by atoms with E-state index in [4.69, 9.17) is 4.74 Å². The first-order valence-corrected chi connectivity index (χ1v) is 7.78. The molecule has 1 aliphatic heterocycles. The van der Waals surface area contributed by atoms with Crippen LogP contribution in [0.3, 0.4) is 0 Å². The Balaban J connectivity index is 1.84. The molecule has 2 aromatic carbocycles. The first-order chi connectivity index (χ1) is 10.3. The molecule has 0 amide bonds. The molecule has 0 fully saturated rings. The molecule has 0 bridgehead atoms. The minimum atomic E-state index is -0.467. The van der Waals surface area contributed by atoms with Gasteiger partial charge in [-0.3, -0.25) is 0 Å². The van der Waals surface area contributed by atoms with E-state index in [1.54, 1.807) is 0 Å². The zero-order valence-corrected chi connectivity index (χ0v) is 12.5. The number of fused-ring (bicyclic) bond motifs is 1. The number of aryl methyl sites for hydroxylation is 1. The van der Waals surface area contributed by atoms with Crippen molar-refractivity contribution in [3.63, 3.8) is 0 Å². The molecular formula is C19H22O2. The highest BCUT2D eigenvalue weighted by Gasteiger charge is 2.28. The fourth-order valence-electron chi connectivity index (χ4n) is 3.10. The highest BCUT2D eigenvalue weighted by molar-refractivity contribution is 5.40. The molecular weight excluding hydrogens is 260 g/mol. The molecule has 3 rings (SSSR count). The summed E-state index contributed by atoms with van der Waals surface area (Å²) in [5.41, 5.74) is 3.45. The molecule has 0 aromatic heterocycles. The van der Waals surface area contributed by atoms with Gasteiger partial charge in [-0.05, 0) is 30.0 Å². The van der Waals surface area contributed by atoms with Gasteiger partial charge >= 0.3 is 0 Å². The van der Waals surface area contributed by atoms with Gasteiger partial charge in [0.1, 0.15) is 5.75 Å². The topological polar surface area (TPSA) is 29.5 Å². The monoisotopic (exact) mass is 282 g/mol. The summed E-state index contributed by atoms with van der Waals surface area (Å²) in [5, 5.41) is 10.8. The van der Waals surface area contributed by atoms with Crippen LogP contribution in [-0.4, -0.2) is 11.7 Å². The third kappa shape index (κ3) is 2.96. The summed E-state index contributed by atoms with van der Waals surface area (Å²) in [7, 11) is 0. The highest BCUT2D eigenvalue weighted by atomic mass is 16.5. The first kappa shape index (κ1) is 14.2. The minimum Gasteiger partial charge on any atom is -0.493 e. The highest BCUT2D eigenvalue weighted by Crippen LogP contribution is 2.41. The summed E-state index contributed by atoms with van der Waals surface area (Å²) >= 11 is 0. The smallest absolute Gasteiger partial charge is 0.122 e. The Bertz CT molecular complexity index is 589. The summed E-state index contributed by atoms with van der Waals surface area (Å²) in [6.07, 6.45) is 2.63. The Morgan fingerprint density at radius 3 is 2.67 bits per heavy atom. The second-order valence-corrected chi connectivity index (χ2v) is 5.72. The van der Waals surface area contributed by atoms with Crippen molar-refractivity contribution >= 4 is 0 Å². The summed E-state index contributed by atoms with van der Waals surface area (Å²) in [4.78, 5) is 0. The number of benzene rings is 2. The number of aliphatic hydroxyl groups is 1. The molecule has 0 radical (unpaired) electrons. The van der Waals surface area contributed by atoms with Gasteiger partial charge in [0, 0.05) is 11.5 Å². The van der Waals surface area contributed by atoms with Crippen LogP contribution < -0.4 is 4.74 Å². The summed E-state index contributed by atoms with van der Waals surface area (Å²) < 4.78 is 5.68. The van der Waals surface area contributed by atoms with E-state index in [1.807, 2.05) is 18.2 Å². The lowest BCUT2D eigenvalue weighted by atomic mass is 9.85. The molecule has 2 atom stereocenters. The zero-order valence-electron chi connectivity index (χ0n) is 12.5. The van der Waals surface area contributed by atoms with Crippen molar-refractivity contribution in [2.45, 2.75) is 38.2 Å². The van der Waals surface area contributed by atoms with Gasteiger partial charge in [0.05, 0.1) is 12.7 Å². The van der Waals surface area contributed by atoms with E-state index in [0.717, 1.165) is 36.1 Å². The Labute approximate surface area is 126 Å². The van der Waals surface area contributed by atoms with E-state index >= 15 is 0 Å². The van der Waals surface area contributed by atoms with Gasteiger partial charge in [-0.25, -0.2) is 0 Å². The van der Waals surface area contributed by atoms with Crippen LogP contribution in [0.1, 0.15) is 48.5 Å². The maximum Gasteiger partial charge on any atom is 0.122 e. The van der Waals surface area contributed by atoms with E-state index < -0.39 is 6.10 Å². The fourth-order valence-corrected chi connectivity index (χ4v) is 3.10. The summed E-state index contributed by atoms with van der Waals surface area (Å²) in [5.74, 6) is 1.03. The lowest BCUT2D eigenvalue weighted by Gasteiger charge is -2.29. The van der Waals surface area contributed by atoms with Crippen LogP contribution in [0.15, 0.2) is 48.5 Å². The molecule has 2 heteroatoms. The number of hydrogen-bond donors (Lipinski definition) is 1. The van der Waals surface area contributed by atoms with E-state index in [1.165, 1.54) is 5.56 Å². The molecule has 0 spiro atoms. The van der Waals surface area contributed by atoms with Crippen molar-refractivity contribution < 1.29 is 9.84 Å². The van der Waals surface area contributed by atoms with Crippen molar-refractivity contribution in [3.8, 4) is 5.75 Å². The molecule has 110 valence electrons. The number of ether oxygens (including phenoxy) is 1. The van der Waals surface area contributed by atoms with Crippen LogP contribution >= 0.6 is 0 Å². The van der Waals surface area contributed by atoms with Crippen molar-refractivity contribution in [3.05, 3.63) is 65.2 Å². The summed E-state index contributed by atoms with van der Waals surface area (Å²) in [6.45, 7) is 2.86. The van der Waals surface area contributed by atoms with Gasteiger partial charge in [0.25, 0.3) is 0 Å². The largest absolute Gasteiger partial charge is 0.493 e. The quantitative estimate of drug-likeness (QED) is 0.909. The Kier molecular flexibility index (Phi) is 4.26. The van der Waals surface area contributed by atoms with Gasteiger partial charge in [0.2, 0.25) is 0 Å². The van der Waals surface area contributed by atoms with Crippen LogP contribution in [0.2, 0.25) is 0 Å². The third-order valence-electron chi connectivity index (χ3n) is 4.25. The van der Waals surface area contributed by atoms with E-state index in [0.29, 0.717) is 6.61 Å². The zero-order chi connectivity index (χ0) is 14.7. The number of aliphatic hydroxyl groups excluding tert-OH is 1. The standard InChI is InChI=1S/C19H22O2/c1-2-5-14-8-10-15(11-9-14)19(20)17-12-13-21-18-7-4-3-6-16(17)18/h3-4,6-11,17,19-20H,2,5,12-13H2,1H3. The Morgan fingerprint density at radius 1 is 1.14 bits per heavy atom. The number of para-hydroxylation sites is 1. The van der Waals surface area contributed by atoms with Crippen molar-refractivity contribution in [2.24, 2.45) is 0 Å². The predicted molar refractivity (Wildman–Crippen MR) is 84.7 cm³/mol. The molecule has 0 aliphatic carbocycles. The molecule has 21 heavy (non-hydrogen) atoms. The van der Waals surface area contributed by atoms with Crippen molar-refractivity contribution in [1.29, 1.82) is 0 Å². The third-order valence-corrected chi connectivity index (χ3v) is 4.25. The van der Waals surface area contributed by atoms with Crippen LogP contribution in [-0.2, 0) is 6.42 Å². The van der Waals surface area contributed by atoms with Gasteiger partial charge in [-0.1, -0.05) is 55.8 Å². The molecule has 2 nitrogen and oxygen atoms in total. The molecule has 0 saturated heterocycles. The lowest BCUT2D eigenvalue weighted by molar-refractivity contribution is 0.117. The fraction of sp³-hybridized carbons (Fsp3) is 0.368. The SMILES string of the molecule is CCCc1ccc(C(O)C2CCOc3ccccc32)cc1. The van der Waals surface area contributed by atoms with E-state index in [2.05, 4.69) is 37.3 Å². The first-order valence-electron chi connectivity index (χ1n) is 7.78. The minimum absolute atomic E-state index is 0.118.